The lowest BCUT2D eigenvalue weighted by Crippen LogP contribution is -2.07. The summed E-state index contributed by atoms with van der Waals surface area (Å²) in [5.74, 6) is 2.17. The van der Waals surface area contributed by atoms with Crippen molar-refractivity contribution in [3.05, 3.63) is 164 Å². The Hall–Kier alpha value is -6.99. The smallest absolute Gasteiger partial charge is 0.237 e. The van der Waals surface area contributed by atoms with E-state index in [2.05, 4.69) is 88.0 Å². The van der Waals surface area contributed by atoms with E-state index >= 15 is 0 Å². The van der Waals surface area contributed by atoms with Crippen molar-refractivity contribution in [2.75, 3.05) is 0 Å². The van der Waals surface area contributed by atoms with Crippen LogP contribution in [0.3, 0.4) is 0 Å². The van der Waals surface area contributed by atoms with E-state index in [0.29, 0.717) is 29.1 Å². The Balaban J connectivity index is 1.31. The lowest BCUT2D eigenvalue weighted by atomic mass is 10.0. The van der Waals surface area contributed by atoms with Crippen LogP contribution in [0.1, 0.15) is 0 Å². The van der Waals surface area contributed by atoms with Crippen LogP contribution in [-0.2, 0) is 0 Å². The monoisotopic (exact) mass is 641 g/mol. The molecule has 0 aliphatic heterocycles. The zero-order chi connectivity index (χ0) is 33.0. The number of para-hydroxylation sites is 2. The number of nitrogens with zero attached hydrogens (tertiary/aromatic N) is 7. The van der Waals surface area contributed by atoms with E-state index in [4.69, 9.17) is 24.9 Å². The van der Waals surface area contributed by atoms with Crippen LogP contribution in [0.15, 0.2) is 164 Å². The Kier molecular flexibility index (Phi) is 6.35. The van der Waals surface area contributed by atoms with E-state index in [1.54, 1.807) is 0 Å². The van der Waals surface area contributed by atoms with Gasteiger partial charge >= 0.3 is 0 Å². The van der Waals surface area contributed by atoms with Crippen LogP contribution in [0, 0.1) is 0 Å². The highest BCUT2D eigenvalue weighted by Gasteiger charge is 2.22. The van der Waals surface area contributed by atoms with Gasteiger partial charge in [0.2, 0.25) is 5.95 Å². The first-order chi connectivity index (χ1) is 24.8. The number of aromatic nitrogens is 7. The molecule has 7 nitrogen and oxygen atoms in total. The first-order valence-corrected chi connectivity index (χ1v) is 16.5. The summed E-state index contributed by atoms with van der Waals surface area (Å²) in [5.41, 5.74) is 6.22. The Morgan fingerprint density at radius 1 is 0.400 bits per heavy atom. The number of rotatable bonds is 5. The number of hydrogen-bond donors (Lipinski definition) is 0. The van der Waals surface area contributed by atoms with E-state index in [-0.39, 0.29) is 0 Å². The molecular formula is C43H27N7. The van der Waals surface area contributed by atoms with E-state index in [0.717, 1.165) is 44.3 Å². The summed E-state index contributed by atoms with van der Waals surface area (Å²) in [4.78, 5) is 25.8. The highest BCUT2D eigenvalue weighted by molar-refractivity contribution is 6.21. The molecule has 0 fully saturated rings. The molecule has 0 amide bonds. The quantitative estimate of drug-likeness (QED) is 0.187. The predicted molar refractivity (Wildman–Crippen MR) is 200 cm³/mol. The molecule has 7 heteroatoms. The molecule has 0 bridgehead atoms. The number of fused-ring (bicyclic) bond motifs is 6. The van der Waals surface area contributed by atoms with Crippen LogP contribution >= 0.6 is 0 Å². The van der Waals surface area contributed by atoms with Crippen LogP contribution in [0.5, 0.6) is 0 Å². The van der Waals surface area contributed by atoms with E-state index in [9.17, 15) is 0 Å². The molecule has 10 rings (SSSR count). The molecule has 0 atom stereocenters. The maximum absolute atomic E-state index is 5.36. The van der Waals surface area contributed by atoms with Gasteiger partial charge in [-0.3, -0.25) is 4.57 Å². The molecule has 0 saturated carbocycles. The fourth-order valence-electron chi connectivity index (χ4n) is 6.94. The van der Waals surface area contributed by atoms with Crippen LogP contribution in [0.4, 0.5) is 0 Å². The van der Waals surface area contributed by atoms with Gasteiger partial charge in [-0.1, -0.05) is 127 Å². The predicted octanol–water partition coefficient (Wildman–Crippen LogP) is 9.86. The van der Waals surface area contributed by atoms with Crippen molar-refractivity contribution < 1.29 is 0 Å². The molecule has 4 heterocycles. The van der Waals surface area contributed by atoms with Crippen molar-refractivity contribution in [1.29, 1.82) is 0 Å². The summed E-state index contributed by atoms with van der Waals surface area (Å²) in [5, 5.41) is 5.52. The zero-order valence-corrected chi connectivity index (χ0v) is 26.7. The molecule has 10 aromatic rings. The van der Waals surface area contributed by atoms with E-state index < -0.39 is 0 Å². The molecule has 0 spiro atoms. The first-order valence-electron chi connectivity index (χ1n) is 16.5. The van der Waals surface area contributed by atoms with Crippen molar-refractivity contribution in [3.63, 3.8) is 0 Å². The average molecular weight is 642 g/mol. The van der Waals surface area contributed by atoms with Gasteiger partial charge < -0.3 is 4.57 Å². The highest BCUT2D eigenvalue weighted by Crippen LogP contribution is 2.38. The highest BCUT2D eigenvalue weighted by atomic mass is 15.2. The van der Waals surface area contributed by atoms with Crippen LogP contribution in [0.25, 0.3) is 89.5 Å². The summed E-state index contributed by atoms with van der Waals surface area (Å²) in [6.07, 6.45) is 2.04. The fourth-order valence-corrected chi connectivity index (χ4v) is 6.94. The maximum atomic E-state index is 5.36. The minimum absolute atomic E-state index is 0.475. The van der Waals surface area contributed by atoms with Crippen LogP contribution in [0.2, 0.25) is 0 Å². The molecule has 0 N–H and O–H groups in total. The number of hydrogen-bond acceptors (Lipinski definition) is 5. The maximum Gasteiger partial charge on any atom is 0.237 e. The molecule has 0 aliphatic rings. The third-order valence-corrected chi connectivity index (χ3v) is 9.24. The summed E-state index contributed by atoms with van der Waals surface area (Å²) in [6, 6.07) is 53.7. The van der Waals surface area contributed by atoms with Gasteiger partial charge in [-0.2, -0.15) is 4.98 Å². The Labute approximate surface area is 286 Å². The molecule has 0 aliphatic carbocycles. The van der Waals surface area contributed by atoms with Crippen LogP contribution in [-0.4, -0.2) is 34.1 Å². The lowest BCUT2D eigenvalue weighted by Gasteiger charge is -2.12. The van der Waals surface area contributed by atoms with Gasteiger partial charge in [0.15, 0.2) is 23.1 Å². The standard InChI is InChI=1S/C43H27N7/c1-4-15-29(16-5-1)39-45-40(30-17-6-2-7-18-30)47-41(46-39)38-34-26-27-49(31-19-8-3-9-20-31)42(34)48-43(44-38)50-35-23-13-12-22-33(35)37-32-21-11-10-14-28(32)24-25-36(37)50/h1-27H. The second-order valence-electron chi connectivity index (χ2n) is 12.2. The molecule has 6 aromatic carbocycles. The SMILES string of the molecule is c1ccc(-c2nc(-c3ccccc3)nc(-c3nc(-n4c5ccccc5c5c6ccccc6ccc54)nc4c3ccn4-c3ccccc3)n2)cc1. The third-order valence-electron chi connectivity index (χ3n) is 9.24. The van der Waals surface area contributed by atoms with Crippen molar-refractivity contribution in [2.24, 2.45) is 0 Å². The minimum atomic E-state index is 0.475. The topological polar surface area (TPSA) is 74.3 Å². The second kappa shape index (κ2) is 11.3. The Morgan fingerprint density at radius 2 is 1.00 bits per heavy atom. The van der Waals surface area contributed by atoms with Gasteiger partial charge in [0, 0.05) is 39.2 Å². The summed E-state index contributed by atoms with van der Waals surface area (Å²) < 4.78 is 4.27. The zero-order valence-electron chi connectivity index (χ0n) is 26.7. The lowest BCUT2D eigenvalue weighted by molar-refractivity contribution is 0.977. The molecule has 4 aromatic heterocycles. The van der Waals surface area contributed by atoms with Gasteiger partial charge in [0.1, 0.15) is 5.69 Å². The molecule has 0 saturated heterocycles. The van der Waals surface area contributed by atoms with Crippen LogP contribution < -0.4 is 0 Å². The molecular weight excluding hydrogens is 615 g/mol. The fraction of sp³-hybridized carbons (Fsp3) is 0. The first kappa shape index (κ1) is 28.1. The van der Waals surface area contributed by atoms with Crippen molar-refractivity contribution >= 4 is 43.6 Å². The minimum Gasteiger partial charge on any atom is -0.301 e. The summed E-state index contributed by atoms with van der Waals surface area (Å²) >= 11 is 0. The van der Waals surface area contributed by atoms with Crippen molar-refractivity contribution in [1.82, 2.24) is 34.1 Å². The molecule has 0 unspecified atom stereocenters. The molecule has 0 radical (unpaired) electrons. The second-order valence-corrected chi connectivity index (χ2v) is 12.2. The van der Waals surface area contributed by atoms with E-state index in [1.807, 2.05) is 85.1 Å². The van der Waals surface area contributed by atoms with Gasteiger partial charge in [0.05, 0.1) is 11.0 Å². The van der Waals surface area contributed by atoms with E-state index in [1.165, 1.54) is 16.2 Å². The van der Waals surface area contributed by atoms with Gasteiger partial charge in [-0.15, -0.1) is 0 Å². The van der Waals surface area contributed by atoms with Gasteiger partial charge in [-0.25, -0.2) is 19.9 Å². The normalized spacial score (nSPS) is 11.6. The molecule has 50 heavy (non-hydrogen) atoms. The Bertz CT molecular complexity index is 2800. The van der Waals surface area contributed by atoms with Crippen molar-refractivity contribution in [2.45, 2.75) is 0 Å². The molecule has 234 valence electrons. The van der Waals surface area contributed by atoms with Crippen molar-refractivity contribution in [3.8, 4) is 45.9 Å². The number of benzene rings is 6. The Morgan fingerprint density at radius 3 is 1.72 bits per heavy atom. The van der Waals surface area contributed by atoms with Gasteiger partial charge in [0.25, 0.3) is 0 Å². The summed E-state index contributed by atoms with van der Waals surface area (Å²) in [6.45, 7) is 0. The largest absolute Gasteiger partial charge is 0.301 e. The summed E-state index contributed by atoms with van der Waals surface area (Å²) in [7, 11) is 0. The average Bonchev–Trinajstić information content (AvgIpc) is 3.78. The third kappa shape index (κ3) is 4.48. The van der Waals surface area contributed by atoms with Gasteiger partial charge in [-0.05, 0) is 41.1 Å².